The summed E-state index contributed by atoms with van der Waals surface area (Å²) in [6.07, 6.45) is 0. The topological polar surface area (TPSA) is 44.1 Å². The van der Waals surface area contributed by atoms with Crippen molar-refractivity contribution in [3.05, 3.63) is 34.1 Å². The van der Waals surface area contributed by atoms with Crippen LogP contribution in [0.1, 0.15) is 40.4 Å². The number of rotatable bonds is 7. The molecule has 120 valence electrons. The number of hydrogen-bond acceptors (Lipinski definition) is 5. The largest absolute Gasteiger partial charge is 0.383 e. The monoisotopic (exact) mass is 338 g/mol. The maximum atomic E-state index is 12.5. The van der Waals surface area contributed by atoms with Crippen LogP contribution in [-0.4, -0.2) is 34.8 Å². The highest BCUT2D eigenvalue weighted by Gasteiger charge is 2.19. The third-order valence-electron chi connectivity index (χ3n) is 3.56. The van der Waals surface area contributed by atoms with Crippen molar-refractivity contribution < 1.29 is 9.53 Å². The van der Waals surface area contributed by atoms with Crippen molar-refractivity contribution in [1.82, 2.24) is 9.55 Å². The molecule has 0 aliphatic rings. The van der Waals surface area contributed by atoms with Crippen LogP contribution in [0.2, 0.25) is 0 Å². The van der Waals surface area contributed by atoms with Gasteiger partial charge in [0.25, 0.3) is 0 Å². The Labute approximate surface area is 139 Å². The molecule has 0 N–H and O–H groups in total. The molecule has 1 atom stereocenters. The van der Waals surface area contributed by atoms with E-state index in [1.54, 1.807) is 18.4 Å². The summed E-state index contributed by atoms with van der Waals surface area (Å²) in [6.45, 7) is 8.74. The van der Waals surface area contributed by atoms with E-state index in [-0.39, 0.29) is 11.8 Å². The molecule has 0 bridgehead atoms. The second kappa shape index (κ2) is 7.44. The van der Waals surface area contributed by atoms with Gasteiger partial charge < -0.3 is 9.30 Å². The summed E-state index contributed by atoms with van der Waals surface area (Å²) in [5.74, 6) is 0.581. The standard InChI is InChI=1S/C16H22N2O2S2/c1-10-8-21-16(17-10)22-9-15(19)14-6-11(2)18(13(14)4)12(3)7-20-5/h6,8,12H,7,9H2,1-5H3/t12-/m1/s1. The lowest BCUT2D eigenvalue weighted by atomic mass is 10.2. The minimum Gasteiger partial charge on any atom is -0.383 e. The Morgan fingerprint density at radius 3 is 2.77 bits per heavy atom. The van der Waals surface area contributed by atoms with Crippen LogP contribution >= 0.6 is 23.1 Å². The predicted molar refractivity (Wildman–Crippen MR) is 92.4 cm³/mol. The minimum absolute atomic E-state index is 0.154. The van der Waals surface area contributed by atoms with E-state index in [0.717, 1.165) is 27.0 Å². The summed E-state index contributed by atoms with van der Waals surface area (Å²) in [5, 5.41) is 2.01. The summed E-state index contributed by atoms with van der Waals surface area (Å²) in [4.78, 5) is 16.9. The van der Waals surface area contributed by atoms with Gasteiger partial charge in [0.2, 0.25) is 0 Å². The van der Waals surface area contributed by atoms with E-state index in [4.69, 9.17) is 4.74 Å². The van der Waals surface area contributed by atoms with E-state index >= 15 is 0 Å². The molecule has 0 saturated carbocycles. The first-order valence-corrected chi connectivity index (χ1v) is 9.06. The lowest BCUT2D eigenvalue weighted by Gasteiger charge is -2.17. The van der Waals surface area contributed by atoms with Crippen LogP contribution < -0.4 is 0 Å². The smallest absolute Gasteiger partial charge is 0.174 e. The Kier molecular flexibility index (Phi) is 5.83. The summed E-state index contributed by atoms with van der Waals surface area (Å²) in [5.41, 5.74) is 3.93. The van der Waals surface area contributed by atoms with Crippen LogP contribution in [0.25, 0.3) is 0 Å². The fourth-order valence-electron chi connectivity index (χ4n) is 2.66. The second-order valence-corrected chi connectivity index (χ2v) is 7.51. The van der Waals surface area contributed by atoms with Crippen LogP contribution in [0.3, 0.4) is 0 Å². The number of methoxy groups -OCH3 is 1. The Bertz CT molecular complexity index is 661. The fraction of sp³-hybridized carbons (Fsp3) is 0.500. The average Bonchev–Trinajstić information content (AvgIpc) is 3.00. The van der Waals surface area contributed by atoms with Crippen molar-refractivity contribution in [2.24, 2.45) is 0 Å². The zero-order valence-corrected chi connectivity index (χ0v) is 15.3. The van der Waals surface area contributed by atoms with Crippen LogP contribution in [0.5, 0.6) is 0 Å². The van der Waals surface area contributed by atoms with Gasteiger partial charge in [0.1, 0.15) is 0 Å². The highest BCUT2D eigenvalue weighted by molar-refractivity contribution is 8.01. The number of carbonyl (C=O) groups is 1. The molecule has 2 heterocycles. The Hall–Kier alpha value is -1.11. The molecule has 0 spiro atoms. The number of ketones is 1. The van der Waals surface area contributed by atoms with Gasteiger partial charge in [-0.1, -0.05) is 11.8 Å². The molecule has 0 aliphatic carbocycles. The number of aryl methyl sites for hydroxylation is 2. The summed E-state index contributed by atoms with van der Waals surface area (Å²) in [7, 11) is 1.70. The van der Waals surface area contributed by atoms with E-state index in [9.17, 15) is 4.79 Å². The van der Waals surface area contributed by atoms with E-state index in [1.165, 1.54) is 11.8 Å². The van der Waals surface area contributed by atoms with Gasteiger partial charge in [-0.2, -0.15) is 0 Å². The molecule has 0 amide bonds. The van der Waals surface area contributed by atoms with Gasteiger partial charge >= 0.3 is 0 Å². The zero-order chi connectivity index (χ0) is 16.3. The Balaban J connectivity index is 2.11. The number of carbonyl (C=O) groups excluding carboxylic acids is 1. The minimum atomic E-state index is 0.154. The number of thiazole rings is 1. The maximum absolute atomic E-state index is 12.5. The van der Waals surface area contributed by atoms with E-state index in [1.807, 2.05) is 32.2 Å². The molecule has 2 aromatic heterocycles. The van der Waals surface area contributed by atoms with E-state index in [0.29, 0.717) is 12.4 Å². The molecular formula is C16H22N2O2S2. The van der Waals surface area contributed by atoms with E-state index < -0.39 is 0 Å². The number of nitrogens with zero attached hydrogens (tertiary/aromatic N) is 2. The van der Waals surface area contributed by atoms with E-state index in [2.05, 4.69) is 16.5 Å². The molecule has 6 heteroatoms. The molecular weight excluding hydrogens is 316 g/mol. The first kappa shape index (κ1) is 17.2. The third-order valence-corrected chi connectivity index (χ3v) is 5.70. The number of thioether (sulfide) groups is 1. The highest BCUT2D eigenvalue weighted by atomic mass is 32.2. The average molecular weight is 338 g/mol. The maximum Gasteiger partial charge on any atom is 0.174 e. The van der Waals surface area contributed by atoms with Gasteiger partial charge in [-0.05, 0) is 33.8 Å². The number of aromatic nitrogens is 2. The number of Topliss-reactive ketones (excluding diaryl/α,β-unsaturated/α-hetero) is 1. The van der Waals surface area contributed by atoms with Crippen molar-refractivity contribution in [3.8, 4) is 0 Å². The normalized spacial score (nSPS) is 12.6. The van der Waals surface area contributed by atoms with Crippen molar-refractivity contribution in [3.63, 3.8) is 0 Å². The summed E-state index contributed by atoms with van der Waals surface area (Å²) < 4.78 is 8.36. The lowest BCUT2D eigenvalue weighted by Crippen LogP contribution is -2.14. The van der Waals surface area contributed by atoms with Gasteiger partial charge in [0, 0.05) is 35.1 Å². The van der Waals surface area contributed by atoms with Gasteiger partial charge in [-0.3, -0.25) is 4.79 Å². The second-order valence-electron chi connectivity index (χ2n) is 5.43. The molecule has 2 aromatic rings. The molecule has 0 aliphatic heterocycles. The fourth-order valence-corrected chi connectivity index (χ4v) is 4.39. The van der Waals surface area contributed by atoms with Crippen LogP contribution in [-0.2, 0) is 4.74 Å². The quantitative estimate of drug-likeness (QED) is 0.564. The molecule has 0 saturated heterocycles. The van der Waals surface area contributed by atoms with Crippen molar-refractivity contribution >= 4 is 28.9 Å². The lowest BCUT2D eigenvalue weighted by molar-refractivity contribution is 0.102. The van der Waals surface area contributed by atoms with Gasteiger partial charge in [0.05, 0.1) is 18.4 Å². The first-order valence-electron chi connectivity index (χ1n) is 7.19. The van der Waals surface area contributed by atoms with Gasteiger partial charge in [-0.15, -0.1) is 11.3 Å². The number of hydrogen-bond donors (Lipinski definition) is 0. The van der Waals surface area contributed by atoms with Gasteiger partial charge in [-0.25, -0.2) is 4.98 Å². The molecule has 0 radical (unpaired) electrons. The third kappa shape index (κ3) is 3.80. The molecule has 2 rings (SSSR count). The van der Waals surface area contributed by atoms with Gasteiger partial charge in [0.15, 0.2) is 10.1 Å². The Morgan fingerprint density at radius 1 is 1.45 bits per heavy atom. The molecule has 0 unspecified atom stereocenters. The van der Waals surface area contributed by atoms with Crippen LogP contribution in [0.15, 0.2) is 15.8 Å². The number of ether oxygens (including phenoxy) is 1. The molecule has 0 aromatic carbocycles. The van der Waals surface area contributed by atoms with Crippen LogP contribution in [0, 0.1) is 20.8 Å². The summed E-state index contributed by atoms with van der Waals surface area (Å²) >= 11 is 3.10. The van der Waals surface area contributed by atoms with Crippen molar-refractivity contribution in [2.45, 2.75) is 38.1 Å². The Morgan fingerprint density at radius 2 is 2.18 bits per heavy atom. The highest BCUT2D eigenvalue weighted by Crippen LogP contribution is 2.26. The van der Waals surface area contributed by atoms with Crippen molar-refractivity contribution in [2.75, 3.05) is 19.5 Å². The first-order chi connectivity index (χ1) is 10.4. The molecule has 22 heavy (non-hydrogen) atoms. The van der Waals surface area contributed by atoms with Crippen molar-refractivity contribution in [1.29, 1.82) is 0 Å². The zero-order valence-electron chi connectivity index (χ0n) is 13.7. The predicted octanol–water partition coefficient (Wildman–Crippen LogP) is 4.05. The SMILES string of the molecule is COC[C@@H](C)n1c(C)cc(C(=O)CSc2nc(C)cs2)c1C. The van der Waals surface area contributed by atoms with Crippen LogP contribution in [0.4, 0.5) is 0 Å². The summed E-state index contributed by atoms with van der Waals surface area (Å²) in [6, 6.07) is 2.21. The molecule has 4 nitrogen and oxygen atoms in total. The molecule has 0 fully saturated rings.